The summed E-state index contributed by atoms with van der Waals surface area (Å²) in [7, 11) is 1.75. The summed E-state index contributed by atoms with van der Waals surface area (Å²) in [6.07, 6.45) is 0. The highest BCUT2D eigenvalue weighted by Gasteiger charge is 2.06. The second-order valence-electron chi connectivity index (χ2n) is 5.21. The third-order valence-electron chi connectivity index (χ3n) is 3.32. The van der Waals surface area contributed by atoms with E-state index in [0.717, 1.165) is 30.4 Å². The van der Waals surface area contributed by atoms with Crippen molar-refractivity contribution >= 4 is 5.96 Å². The molecule has 0 aliphatic rings. The topological polar surface area (TPSA) is 64.1 Å². The lowest BCUT2D eigenvalue weighted by Gasteiger charge is -2.15. The van der Waals surface area contributed by atoms with E-state index in [9.17, 15) is 0 Å². The van der Waals surface area contributed by atoms with Gasteiger partial charge in [0.15, 0.2) is 5.96 Å². The molecule has 0 atom stereocenters. The molecule has 0 heterocycles. The lowest BCUT2D eigenvalue weighted by molar-refractivity contribution is 0.110. The molecule has 0 spiro atoms. The molecule has 24 heavy (non-hydrogen) atoms. The third kappa shape index (κ3) is 8.17. The monoisotopic (exact) mass is 337 g/mol. The first kappa shape index (κ1) is 20.3. The third-order valence-corrected chi connectivity index (χ3v) is 3.32. The second-order valence-corrected chi connectivity index (χ2v) is 5.21. The largest absolute Gasteiger partial charge is 0.491 e. The van der Waals surface area contributed by atoms with Gasteiger partial charge in [0.2, 0.25) is 0 Å². The Morgan fingerprint density at radius 1 is 1.04 bits per heavy atom. The molecule has 0 aliphatic carbocycles. The maximum atomic E-state index is 5.85. The van der Waals surface area contributed by atoms with Crippen molar-refractivity contribution in [2.75, 3.05) is 46.6 Å². The highest BCUT2D eigenvalue weighted by molar-refractivity contribution is 5.79. The van der Waals surface area contributed by atoms with Crippen LogP contribution in [0.4, 0.5) is 0 Å². The predicted octanol–water partition coefficient (Wildman–Crippen LogP) is 2.11. The van der Waals surface area contributed by atoms with Crippen molar-refractivity contribution < 1.29 is 14.2 Å². The average molecular weight is 337 g/mol. The van der Waals surface area contributed by atoms with Gasteiger partial charge in [-0.3, -0.25) is 4.99 Å². The van der Waals surface area contributed by atoms with Crippen molar-refractivity contribution in [3.63, 3.8) is 0 Å². The minimum atomic E-state index is 0.547. The van der Waals surface area contributed by atoms with Crippen molar-refractivity contribution in [3.05, 3.63) is 29.3 Å². The zero-order chi connectivity index (χ0) is 17.6. The van der Waals surface area contributed by atoms with Crippen molar-refractivity contribution in [2.24, 2.45) is 4.99 Å². The molecule has 0 saturated heterocycles. The van der Waals surface area contributed by atoms with Crippen LogP contribution >= 0.6 is 0 Å². The lowest BCUT2D eigenvalue weighted by atomic mass is 10.1. The van der Waals surface area contributed by atoms with Crippen LogP contribution in [0.1, 0.15) is 25.0 Å². The van der Waals surface area contributed by atoms with E-state index in [1.54, 1.807) is 7.05 Å². The van der Waals surface area contributed by atoms with Gasteiger partial charge < -0.3 is 24.8 Å². The molecule has 2 N–H and O–H groups in total. The van der Waals surface area contributed by atoms with E-state index in [0.29, 0.717) is 33.0 Å². The summed E-state index contributed by atoms with van der Waals surface area (Å²) in [5, 5.41) is 6.51. The van der Waals surface area contributed by atoms with E-state index in [1.165, 1.54) is 5.56 Å². The van der Waals surface area contributed by atoms with Crippen molar-refractivity contribution in [3.8, 4) is 5.75 Å². The summed E-state index contributed by atoms with van der Waals surface area (Å²) in [4.78, 5) is 4.21. The molecule has 136 valence electrons. The number of hydrogen-bond acceptors (Lipinski definition) is 4. The number of benzene rings is 1. The first-order chi connectivity index (χ1) is 11.7. The maximum absolute atomic E-state index is 5.85. The van der Waals surface area contributed by atoms with Gasteiger partial charge in [0, 0.05) is 38.9 Å². The zero-order valence-electron chi connectivity index (χ0n) is 15.4. The van der Waals surface area contributed by atoms with Crippen LogP contribution in [-0.2, 0) is 16.0 Å². The number of guanidine groups is 1. The molecule has 0 saturated carbocycles. The Bertz CT molecular complexity index is 492. The van der Waals surface area contributed by atoms with Crippen molar-refractivity contribution in [1.29, 1.82) is 0 Å². The first-order valence-electron chi connectivity index (χ1n) is 8.53. The summed E-state index contributed by atoms with van der Waals surface area (Å²) in [5.74, 6) is 1.63. The van der Waals surface area contributed by atoms with E-state index in [-0.39, 0.29) is 0 Å². The van der Waals surface area contributed by atoms with Gasteiger partial charge in [-0.25, -0.2) is 0 Å². The molecule has 6 heteroatoms. The summed E-state index contributed by atoms with van der Waals surface area (Å²) in [6.45, 7) is 10.6. The molecule has 1 rings (SSSR count). The Labute approximate surface area is 145 Å². The summed E-state index contributed by atoms with van der Waals surface area (Å²) >= 11 is 0. The fourth-order valence-corrected chi connectivity index (χ4v) is 2.08. The first-order valence-corrected chi connectivity index (χ1v) is 8.53. The van der Waals surface area contributed by atoms with Crippen LogP contribution in [0.25, 0.3) is 0 Å². The summed E-state index contributed by atoms with van der Waals surface area (Å²) in [5.41, 5.74) is 2.26. The van der Waals surface area contributed by atoms with E-state index >= 15 is 0 Å². The maximum Gasteiger partial charge on any atom is 0.191 e. The van der Waals surface area contributed by atoms with Crippen LogP contribution in [0.5, 0.6) is 5.75 Å². The van der Waals surface area contributed by atoms with Gasteiger partial charge in [-0.2, -0.15) is 0 Å². The average Bonchev–Trinajstić information content (AvgIpc) is 2.59. The second kappa shape index (κ2) is 12.6. The van der Waals surface area contributed by atoms with Crippen LogP contribution in [0, 0.1) is 6.92 Å². The zero-order valence-corrected chi connectivity index (χ0v) is 15.4. The Kier molecular flexibility index (Phi) is 10.6. The molecule has 0 amide bonds. The van der Waals surface area contributed by atoms with Crippen molar-refractivity contribution in [2.45, 2.75) is 27.3 Å². The quantitative estimate of drug-likeness (QED) is 0.368. The Hall–Kier alpha value is -1.79. The number of nitrogens with one attached hydrogen (secondary N) is 2. The normalized spacial score (nSPS) is 11.4. The Balaban J connectivity index is 2.52. The molecular formula is C18H31N3O3. The van der Waals surface area contributed by atoms with Crippen LogP contribution in [0.3, 0.4) is 0 Å². The number of nitrogens with zero attached hydrogens (tertiary/aromatic N) is 1. The van der Waals surface area contributed by atoms with Gasteiger partial charge in [0.05, 0.1) is 13.2 Å². The van der Waals surface area contributed by atoms with Crippen LogP contribution < -0.4 is 15.4 Å². The Morgan fingerprint density at radius 3 is 2.50 bits per heavy atom. The van der Waals surface area contributed by atoms with Crippen molar-refractivity contribution in [1.82, 2.24) is 10.6 Å². The van der Waals surface area contributed by atoms with E-state index in [4.69, 9.17) is 14.2 Å². The molecule has 6 nitrogen and oxygen atoms in total. The fourth-order valence-electron chi connectivity index (χ4n) is 2.08. The molecule has 0 unspecified atom stereocenters. The molecule has 1 aromatic rings. The smallest absolute Gasteiger partial charge is 0.191 e. The van der Waals surface area contributed by atoms with Gasteiger partial charge >= 0.3 is 0 Å². The number of aryl methyl sites for hydroxylation is 1. The van der Waals surface area contributed by atoms with Gasteiger partial charge in [-0.05, 0) is 32.4 Å². The standard InChI is InChI=1S/C18H31N3O3/c1-5-22-10-9-20-18(19-4)21-14-16-8-7-15(3)13-17(16)24-12-11-23-6-2/h7-8,13H,5-6,9-12,14H2,1-4H3,(H2,19,20,21). The van der Waals surface area contributed by atoms with E-state index in [1.807, 2.05) is 19.9 Å². The summed E-state index contributed by atoms with van der Waals surface area (Å²) in [6, 6.07) is 6.21. The van der Waals surface area contributed by atoms with Gasteiger partial charge in [0.1, 0.15) is 12.4 Å². The number of ether oxygens (including phenoxy) is 3. The Morgan fingerprint density at radius 2 is 1.79 bits per heavy atom. The highest BCUT2D eigenvalue weighted by Crippen LogP contribution is 2.20. The molecule has 0 aromatic heterocycles. The molecule has 0 aliphatic heterocycles. The minimum Gasteiger partial charge on any atom is -0.491 e. The van der Waals surface area contributed by atoms with Gasteiger partial charge in [0.25, 0.3) is 0 Å². The molecule has 0 bridgehead atoms. The number of hydrogen-bond donors (Lipinski definition) is 2. The molecule has 0 fully saturated rings. The van der Waals surface area contributed by atoms with Crippen LogP contribution in [0.15, 0.2) is 23.2 Å². The highest BCUT2D eigenvalue weighted by atomic mass is 16.5. The summed E-state index contributed by atoms with van der Waals surface area (Å²) < 4.78 is 16.5. The molecule has 1 aromatic carbocycles. The van der Waals surface area contributed by atoms with Crippen LogP contribution in [-0.4, -0.2) is 52.6 Å². The SMILES string of the molecule is CCOCCNC(=NC)NCc1ccc(C)cc1OCCOCC. The lowest BCUT2D eigenvalue weighted by Crippen LogP contribution is -2.38. The molecule has 0 radical (unpaired) electrons. The number of aliphatic imine (C=N–C) groups is 1. The van der Waals surface area contributed by atoms with Crippen LogP contribution in [0.2, 0.25) is 0 Å². The van der Waals surface area contributed by atoms with Gasteiger partial charge in [-0.15, -0.1) is 0 Å². The minimum absolute atomic E-state index is 0.547. The predicted molar refractivity (Wildman–Crippen MR) is 97.9 cm³/mol. The molecular weight excluding hydrogens is 306 g/mol. The van der Waals surface area contributed by atoms with E-state index < -0.39 is 0 Å². The van der Waals surface area contributed by atoms with E-state index in [2.05, 4.69) is 34.7 Å². The number of rotatable bonds is 11. The fraction of sp³-hybridized carbons (Fsp3) is 0.611. The van der Waals surface area contributed by atoms with Gasteiger partial charge in [-0.1, -0.05) is 12.1 Å².